The zero-order valence-electron chi connectivity index (χ0n) is 16.0. The van der Waals surface area contributed by atoms with Crippen molar-refractivity contribution in [2.75, 3.05) is 20.2 Å². The monoisotopic (exact) mass is 375 g/mol. The number of likely N-dealkylation sites (tertiary alicyclic amines) is 1. The van der Waals surface area contributed by atoms with Crippen LogP contribution >= 0.6 is 0 Å². The summed E-state index contributed by atoms with van der Waals surface area (Å²) in [6.45, 7) is 1.54. The fourth-order valence-electron chi connectivity index (χ4n) is 4.21. The van der Waals surface area contributed by atoms with Gasteiger partial charge in [-0.15, -0.1) is 0 Å². The van der Waals surface area contributed by atoms with Crippen molar-refractivity contribution < 1.29 is 14.6 Å². The van der Waals surface area contributed by atoms with Gasteiger partial charge in [-0.2, -0.15) is 0 Å². The SMILES string of the molecule is COc1cccc(C(c2ccc3ccccc3c2)N2CCC(C(=O)O)CC2)c1. The highest BCUT2D eigenvalue weighted by atomic mass is 16.5. The van der Waals surface area contributed by atoms with Crippen molar-refractivity contribution >= 4 is 16.7 Å². The van der Waals surface area contributed by atoms with Crippen LogP contribution in [0.2, 0.25) is 0 Å². The maximum absolute atomic E-state index is 11.4. The van der Waals surface area contributed by atoms with E-state index in [1.165, 1.54) is 21.9 Å². The van der Waals surface area contributed by atoms with Gasteiger partial charge < -0.3 is 9.84 Å². The highest BCUT2D eigenvalue weighted by Gasteiger charge is 2.30. The lowest BCUT2D eigenvalue weighted by Crippen LogP contribution is -2.39. The maximum atomic E-state index is 11.4. The second-order valence-electron chi connectivity index (χ2n) is 7.43. The van der Waals surface area contributed by atoms with Gasteiger partial charge in [-0.25, -0.2) is 0 Å². The fraction of sp³-hybridized carbons (Fsp3) is 0.292. The quantitative estimate of drug-likeness (QED) is 0.700. The van der Waals surface area contributed by atoms with Gasteiger partial charge in [0.05, 0.1) is 19.1 Å². The molecule has 0 amide bonds. The Morgan fingerprint density at radius 2 is 1.68 bits per heavy atom. The summed E-state index contributed by atoms with van der Waals surface area (Å²) in [4.78, 5) is 13.8. The number of rotatable bonds is 5. The van der Waals surface area contributed by atoms with E-state index in [0.717, 1.165) is 18.8 Å². The number of aliphatic carboxylic acids is 1. The molecular formula is C24H25NO3. The van der Waals surface area contributed by atoms with E-state index in [1.807, 2.05) is 12.1 Å². The van der Waals surface area contributed by atoms with Crippen LogP contribution in [0.3, 0.4) is 0 Å². The summed E-state index contributed by atoms with van der Waals surface area (Å²) in [5.74, 6) is -0.0780. The van der Waals surface area contributed by atoms with Crippen LogP contribution in [0.4, 0.5) is 0 Å². The van der Waals surface area contributed by atoms with E-state index in [4.69, 9.17) is 4.74 Å². The lowest BCUT2D eigenvalue weighted by Gasteiger charge is -2.37. The first kappa shape index (κ1) is 18.5. The van der Waals surface area contributed by atoms with Crippen LogP contribution in [0.5, 0.6) is 5.75 Å². The minimum atomic E-state index is -0.678. The average molecular weight is 375 g/mol. The number of carboxylic acids is 1. The summed E-state index contributed by atoms with van der Waals surface area (Å²) in [6.07, 6.45) is 1.37. The largest absolute Gasteiger partial charge is 0.497 e. The molecule has 144 valence electrons. The van der Waals surface area contributed by atoms with E-state index in [1.54, 1.807) is 7.11 Å². The zero-order chi connectivity index (χ0) is 19.5. The van der Waals surface area contributed by atoms with Gasteiger partial charge in [-0.05, 0) is 66.0 Å². The number of hydrogen-bond donors (Lipinski definition) is 1. The Morgan fingerprint density at radius 3 is 2.39 bits per heavy atom. The zero-order valence-corrected chi connectivity index (χ0v) is 16.0. The number of carboxylic acid groups (broad SMARTS) is 1. The molecule has 1 aliphatic rings. The second-order valence-corrected chi connectivity index (χ2v) is 7.43. The van der Waals surface area contributed by atoms with Gasteiger partial charge in [-0.1, -0.05) is 48.5 Å². The molecule has 0 saturated carbocycles. The summed E-state index contributed by atoms with van der Waals surface area (Å²) in [5, 5.41) is 11.8. The van der Waals surface area contributed by atoms with Crippen LogP contribution < -0.4 is 4.74 Å². The minimum absolute atomic E-state index is 0.0782. The molecule has 0 aromatic heterocycles. The molecular weight excluding hydrogens is 350 g/mol. The third-order valence-corrected chi connectivity index (χ3v) is 5.74. The molecule has 4 nitrogen and oxygen atoms in total. The number of hydrogen-bond acceptors (Lipinski definition) is 3. The smallest absolute Gasteiger partial charge is 0.306 e. The molecule has 1 saturated heterocycles. The molecule has 1 unspecified atom stereocenters. The molecule has 3 aromatic carbocycles. The Balaban J connectivity index is 1.73. The molecule has 28 heavy (non-hydrogen) atoms. The van der Waals surface area contributed by atoms with E-state index in [9.17, 15) is 9.90 Å². The lowest BCUT2D eigenvalue weighted by molar-refractivity contribution is -0.143. The minimum Gasteiger partial charge on any atom is -0.497 e. The highest BCUT2D eigenvalue weighted by molar-refractivity contribution is 5.83. The second kappa shape index (κ2) is 8.03. The van der Waals surface area contributed by atoms with Crippen LogP contribution in [0.1, 0.15) is 30.0 Å². The normalized spacial score (nSPS) is 16.8. The van der Waals surface area contributed by atoms with Gasteiger partial charge in [-0.3, -0.25) is 9.69 Å². The molecule has 1 N–H and O–H groups in total. The molecule has 4 rings (SSSR count). The van der Waals surface area contributed by atoms with Gasteiger partial charge in [0.1, 0.15) is 5.75 Å². The maximum Gasteiger partial charge on any atom is 0.306 e. The molecule has 1 fully saturated rings. The van der Waals surface area contributed by atoms with Crippen molar-refractivity contribution in [2.24, 2.45) is 5.92 Å². The topological polar surface area (TPSA) is 49.8 Å². The van der Waals surface area contributed by atoms with Gasteiger partial charge in [0, 0.05) is 0 Å². The number of methoxy groups -OCH3 is 1. The molecule has 0 aliphatic carbocycles. The summed E-state index contributed by atoms with van der Waals surface area (Å²) in [7, 11) is 1.68. The first-order valence-electron chi connectivity index (χ1n) is 9.75. The number of piperidine rings is 1. The third kappa shape index (κ3) is 3.73. The Hall–Kier alpha value is -2.85. The Labute approximate surface area is 165 Å². The van der Waals surface area contributed by atoms with Gasteiger partial charge in [0.25, 0.3) is 0 Å². The molecule has 0 radical (unpaired) electrons. The van der Waals surface area contributed by atoms with E-state index < -0.39 is 5.97 Å². The summed E-state index contributed by atoms with van der Waals surface area (Å²) >= 11 is 0. The third-order valence-electron chi connectivity index (χ3n) is 5.74. The van der Waals surface area contributed by atoms with E-state index in [0.29, 0.717) is 12.8 Å². The first-order valence-corrected chi connectivity index (χ1v) is 9.75. The van der Waals surface area contributed by atoms with Gasteiger partial charge in [0.15, 0.2) is 0 Å². The fourth-order valence-corrected chi connectivity index (χ4v) is 4.21. The highest BCUT2D eigenvalue weighted by Crippen LogP contribution is 2.35. The van der Waals surface area contributed by atoms with Crippen LogP contribution in [0.25, 0.3) is 10.8 Å². The Kier molecular flexibility index (Phi) is 5.31. The van der Waals surface area contributed by atoms with Gasteiger partial charge >= 0.3 is 5.97 Å². The molecule has 1 aliphatic heterocycles. The van der Waals surface area contributed by atoms with Gasteiger partial charge in [0.2, 0.25) is 0 Å². The van der Waals surface area contributed by atoms with E-state index in [-0.39, 0.29) is 12.0 Å². The summed E-state index contributed by atoms with van der Waals surface area (Å²) in [5.41, 5.74) is 2.39. The van der Waals surface area contributed by atoms with Crippen molar-refractivity contribution in [1.82, 2.24) is 4.90 Å². The molecule has 0 bridgehead atoms. The number of fused-ring (bicyclic) bond motifs is 1. The number of carbonyl (C=O) groups is 1. The van der Waals surface area contributed by atoms with Crippen molar-refractivity contribution in [3.8, 4) is 5.75 Å². The lowest BCUT2D eigenvalue weighted by atomic mass is 9.90. The Bertz CT molecular complexity index is 976. The summed E-state index contributed by atoms with van der Waals surface area (Å²) < 4.78 is 5.45. The molecule has 4 heteroatoms. The predicted octanol–water partition coefficient (Wildman–Crippen LogP) is 4.73. The summed E-state index contributed by atoms with van der Waals surface area (Å²) in [6, 6.07) is 23.3. The van der Waals surface area contributed by atoms with Crippen LogP contribution in [0.15, 0.2) is 66.7 Å². The number of benzene rings is 3. The Morgan fingerprint density at radius 1 is 0.964 bits per heavy atom. The van der Waals surface area contributed by atoms with E-state index >= 15 is 0 Å². The molecule has 1 heterocycles. The van der Waals surface area contributed by atoms with Crippen LogP contribution in [0, 0.1) is 5.92 Å². The average Bonchev–Trinajstić information content (AvgIpc) is 2.74. The molecule has 1 atom stereocenters. The number of nitrogens with zero attached hydrogens (tertiary/aromatic N) is 1. The molecule has 0 spiro atoms. The van der Waals surface area contributed by atoms with Crippen molar-refractivity contribution in [1.29, 1.82) is 0 Å². The standard InChI is InChI=1S/C24H25NO3/c1-28-22-8-4-7-20(16-22)23(25-13-11-18(12-14-25)24(26)27)21-10-9-17-5-2-3-6-19(17)15-21/h2-10,15-16,18,23H,11-14H2,1H3,(H,26,27). The van der Waals surface area contributed by atoms with Crippen molar-refractivity contribution in [2.45, 2.75) is 18.9 Å². The van der Waals surface area contributed by atoms with E-state index in [2.05, 4.69) is 59.5 Å². The predicted molar refractivity (Wildman–Crippen MR) is 111 cm³/mol. The van der Waals surface area contributed by atoms with Crippen LogP contribution in [-0.4, -0.2) is 36.2 Å². The van der Waals surface area contributed by atoms with Crippen molar-refractivity contribution in [3.63, 3.8) is 0 Å². The first-order chi connectivity index (χ1) is 13.7. The molecule has 3 aromatic rings. The van der Waals surface area contributed by atoms with Crippen LogP contribution in [-0.2, 0) is 4.79 Å². The van der Waals surface area contributed by atoms with Crippen molar-refractivity contribution in [3.05, 3.63) is 77.9 Å². The number of ether oxygens (including phenoxy) is 1.